The van der Waals surface area contributed by atoms with Crippen LogP contribution in [0.5, 0.6) is 11.5 Å². The molecule has 2 aromatic carbocycles. The van der Waals surface area contributed by atoms with Gasteiger partial charge in [-0.3, -0.25) is 9.69 Å². The summed E-state index contributed by atoms with van der Waals surface area (Å²) in [6, 6.07) is 11.9. The maximum absolute atomic E-state index is 13.2. The molecular weight excluding hydrogens is 426 g/mol. The summed E-state index contributed by atoms with van der Waals surface area (Å²) in [6.45, 7) is 2.77. The predicted octanol–water partition coefficient (Wildman–Crippen LogP) is 3.10. The van der Waals surface area contributed by atoms with Gasteiger partial charge in [0.25, 0.3) is 5.91 Å². The number of aromatic hydroxyl groups is 1. The Kier molecular flexibility index (Phi) is 4.56. The van der Waals surface area contributed by atoms with Gasteiger partial charge in [-0.2, -0.15) is 0 Å². The molecule has 2 heterocycles. The molecule has 5 aliphatic rings. The number of nitrogens with two attached hydrogens (primary N) is 1. The lowest BCUT2D eigenvalue weighted by atomic mass is 9.51. The monoisotopic (exact) mass is 459 g/mol. The molecule has 7 rings (SSSR count). The zero-order valence-electron chi connectivity index (χ0n) is 19.5. The van der Waals surface area contributed by atoms with Crippen molar-refractivity contribution in [3.05, 3.63) is 58.7 Å². The molecule has 0 radical (unpaired) electrons. The number of nitrogens with zero attached hydrogens (tertiary/aromatic N) is 1. The molecular formula is C28H33N3O3. The smallest absolute Gasteiger partial charge is 0.251 e. The van der Waals surface area contributed by atoms with E-state index in [1.807, 2.05) is 24.3 Å². The Hall–Kier alpha value is -2.57. The Balaban J connectivity index is 1.23. The minimum absolute atomic E-state index is 0.0639. The molecule has 2 aromatic rings. The molecule has 2 bridgehead atoms. The Labute approximate surface area is 200 Å². The van der Waals surface area contributed by atoms with E-state index in [-0.39, 0.29) is 29.2 Å². The normalized spacial score (nSPS) is 33.2. The molecule has 6 nitrogen and oxygen atoms in total. The third-order valence-electron chi connectivity index (χ3n) is 9.39. The van der Waals surface area contributed by atoms with Crippen molar-refractivity contribution in [3.63, 3.8) is 0 Å². The van der Waals surface area contributed by atoms with Crippen LogP contribution < -0.4 is 15.8 Å². The second-order valence-electron chi connectivity index (χ2n) is 11.2. The van der Waals surface area contributed by atoms with Gasteiger partial charge in [0.1, 0.15) is 6.10 Å². The van der Waals surface area contributed by atoms with Gasteiger partial charge >= 0.3 is 0 Å². The number of phenolic OH excluding ortho intramolecular Hbond substituents is 1. The quantitative estimate of drug-likeness (QED) is 0.640. The van der Waals surface area contributed by atoms with Gasteiger partial charge in [0.05, 0.1) is 6.04 Å². The molecule has 3 unspecified atom stereocenters. The van der Waals surface area contributed by atoms with Crippen LogP contribution in [0.2, 0.25) is 0 Å². The summed E-state index contributed by atoms with van der Waals surface area (Å²) in [5, 5.41) is 14.1. The summed E-state index contributed by atoms with van der Waals surface area (Å²) in [5.41, 5.74) is 9.84. The van der Waals surface area contributed by atoms with E-state index < -0.39 is 0 Å². The van der Waals surface area contributed by atoms with E-state index >= 15 is 0 Å². The average Bonchev–Trinajstić information content (AvgIpc) is 3.60. The summed E-state index contributed by atoms with van der Waals surface area (Å²) in [4.78, 5) is 16.0. The first-order valence-corrected chi connectivity index (χ1v) is 12.9. The van der Waals surface area contributed by atoms with Crippen LogP contribution in [-0.2, 0) is 18.4 Å². The molecule has 1 spiro atoms. The van der Waals surface area contributed by atoms with E-state index in [1.54, 1.807) is 6.07 Å². The molecule has 2 saturated carbocycles. The van der Waals surface area contributed by atoms with Gasteiger partial charge in [0, 0.05) is 35.7 Å². The third kappa shape index (κ3) is 2.91. The van der Waals surface area contributed by atoms with Crippen LogP contribution in [0.15, 0.2) is 36.4 Å². The number of benzene rings is 2. The highest BCUT2D eigenvalue weighted by Gasteiger charge is 2.66. The van der Waals surface area contributed by atoms with Crippen molar-refractivity contribution >= 4 is 5.91 Å². The fourth-order valence-corrected chi connectivity index (χ4v) is 7.68. The van der Waals surface area contributed by atoms with Gasteiger partial charge in [-0.05, 0) is 86.2 Å². The van der Waals surface area contributed by atoms with Crippen molar-refractivity contribution in [3.8, 4) is 11.5 Å². The van der Waals surface area contributed by atoms with Crippen LogP contribution in [0.25, 0.3) is 0 Å². The minimum atomic E-state index is -0.133. The van der Waals surface area contributed by atoms with Gasteiger partial charge < -0.3 is 20.9 Å². The summed E-state index contributed by atoms with van der Waals surface area (Å²) in [7, 11) is 0. The molecule has 3 aliphatic carbocycles. The van der Waals surface area contributed by atoms with Gasteiger partial charge in [0.15, 0.2) is 11.5 Å². The number of amides is 1. The van der Waals surface area contributed by atoms with Crippen LogP contribution in [0, 0.1) is 11.8 Å². The first kappa shape index (κ1) is 20.8. The fourth-order valence-electron chi connectivity index (χ4n) is 7.68. The zero-order chi connectivity index (χ0) is 23.0. The number of phenols is 1. The average molecular weight is 460 g/mol. The van der Waals surface area contributed by atoms with Crippen molar-refractivity contribution in [2.75, 3.05) is 13.1 Å². The number of carbonyl (C=O) groups excluding carboxylic acids is 1. The topological polar surface area (TPSA) is 87.8 Å². The van der Waals surface area contributed by atoms with Crippen molar-refractivity contribution in [1.29, 1.82) is 0 Å². The molecule has 0 aromatic heterocycles. The first-order valence-electron chi connectivity index (χ1n) is 12.9. The minimum Gasteiger partial charge on any atom is -0.504 e. The van der Waals surface area contributed by atoms with Crippen molar-refractivity contribution < 1.29 is 14.6 Å². The molecule has 178 valence electrons. The number of nitrogens with one attached hydrogen (secondary N) is 1. The lowest BCUT2D eigenvalue weighted by molar-refractivity contribution is -0.0647. The van der Waals surface area contributed by atoms with Crippen LogP contribution in [0.1, 0.15) is 59.2 Å². The predicted molar refractivity (Wildman–Crippen MR) is 129 cm³/mol. The Morgan fingerprint density at radius 2 is 1.97 bits per heavy atom. The van der Waals surface area contributed by atoms with Crippen LogP contribution in [0.3, 0.4) is 0 Å². The van der Waals surface area contributed by atoms with Crippen molar-refractivity contribution in [1.82, 2.24) is 10.2 Å². The number of piperidine rings is 1. The first-order chi connectivity index (χ1) is 16.6. The molecule has 6 heteroatoms. The summed E-state index contributed by atoms with van der Waals surface area (Å²) < 4.78 is 6.62. The maximum atomic E-state index is 13.2. The van der Waals surface area contributed by atoms with E-state index in [0.29, 0.717) is 29.8 Å². The van der Waals surface area contributed by atoms with E-state index in [1.165, 1.54) is 30.5 Å². The number of ether oxygens (including phenoxy) is 1. The molecule has 3 fully saturated rings. The second-order valence-corrected chi connectivity index (χ2v) is 11.2. The molecule has 5 atom stereocenters. The van der Waals surface area contributed by atoms with Crippen molar-refractivity contribution in [2.45, 2.75) is 68.7 Å². The molecule has 34 heavy (non-hydrogen) atoms. The van der Waals surface area contributed by atoms with Gasteiger partial charge in [0.2, 0.25) is 0 Å². The van der Waals surface area contributed by atoms with Gasteiger partial charge in [-0.15, -0.1) is 0 Å². The lowest BCUT2D eigenvalue weighted by Crippen LogP contribution is -2.69. The largest absolute Gasteiger partial charge is 0.504 e. The number of carbonyl (C=O) groups is 1. The van der Waals surface area contributed by atoms with Crippen LogP contribution in [0.4, 0.5) is 0 Å². The standard InChI is InChI=1S/C28H33N3O3/c29-14-16-3-5-18(6-4-16)27(33)30-21-9-8-20-22-13-19-7-10-23(32)25-24(19)28(20,26(21)34-25)11-12-31(22)15-17-1-2-17/h3-7,10,17,20-22,26,32H,1-2,8-9,11-15,29H2,(H,30,33)/t20?,21-,22?,26?,28+/m1/s1. The van der Waals surface area contributed by atoms with Crippen LogP contribution >= 0.6 is 0 Å². The SMILES string of the molecule is NCc1ccc(C(=O)N[C@@H]2CCC3C4Cc5ccc(O)c6c5[C@@]3(CCN4CC3CC3)C2O6)cc1. The third-order valence-corrected chi connectivity index (χ3v) is 9.39. The number of likely N-dealkylation sites (tertiary alicyclic amines) is 1. The van der Waals surface area contributed by atoms with Crippen LogP contribution in [-0.4, -0.2) is 47.2 Å². The Bertz CT molecular complexity index is 1140. The summed E-state index contributed by atoms with van der Waals surface area (Å²) >= 11 is 0. The molecule has 4 N–H and O–H groups in total. The van der Waals surface area contributed by atoms with Crippen molar-refractivity contribution in [2.24, 2.45) is 17.6 Å². The summed E-state index contributed by atoms with van der Waals surface area (Å²) in [5.74, 6) is 2.24. The Morgan fingerprint density at radius 3 is 2.74 bits per heavy atom. The van der Waals surface area contributed by atoms with E-state index in [9.17, 15) is 9.90 Å². The number of hydrogen-bond donors (Lipinski definition) is 3. The van der Waals surface area contributed by atoms with Gasteiger partial charge in [-0.1, -0.05) is 18.2 Å². The Morgan fingerprint density at radius 1 is 1.15 bits per heavy atom. The molecule has 1 saturated heterocycles. The highest BCUT2D eigenvalue weighted by molar-refractivity contribution is 5.94. The lowest BCUT2D eigenvalue weighted by Gasteiger charge is -2.59. The van der Waals surface area contributed by atoms with Gasteiger partial charge in [-0.25, -0.2) is 0 Å². The molecule has 2 aliphatic heterocycles. The number of rotatable bonds is 5. The number of hydrogen-bond acceptors (Lipinski definition) is 5. The highest BCUT2D eigenvalue weighted by Crippen LogP contribution is 2.64. The maximum Gasteiger partial charge on any atom is 0.251 e. The highest BCUT2D eigenvalue weighted by atomic mass is 16.5. The molecule has 1 amide bonds. The zero-order valence-corrected chi connectivity index (χ0v) is 19.5. The fraction of sp³-hybridized carbons (Fsp3) is 0.536. The second kappa shape index (κ2) is 7.46. The van der Waals surface area contributed by atoms with E-state index in [4.69, 9.17) is 10.5 Å². The van der Waals surface area contributed by atoms with E-state index in [0.717, 1.165) is 43.7 Å². The van der Waals surface area contributed by atoms with E-state index in [2.05, 4.69) is 16.3 Å². The summed E-state index contributed by atoms with van der Waals surface area (Å²) in [6.07, 6.45) is 6.68.